The number of hydrogen-bond donors (Lipinski definition) is 4. The summed E-state index contributed by atoms with van der Waals surface area (Å²) in [6, 6.07) is 11.0. The second-order valence-corrected chi connectivity index (χ2v) is 17.1. The van der Waals surface area contributed by atoms with Gasteiger partial charge in [-0.15, -0.1) is 13.2 Å². The monoisotopic (exact) mass is 893 g/mol. The largest absolute Gasteiger partial charge is 0.573 e. The number of halogens is 4. The number of pyridine rings is 1. The fraction of sp³-hybridized carbons (Fsp3) is 0.455. The average molecular weight is 894 g/mol. The molecule has 0 unspecified atom stereocenters. The van der Waals surface area contributed by atoms with E-state index in [1.807, 2.05) is 32.6 Å². The molecule has 3 saturated heterocycles. The highest BCUT2D eigenvalue weighted by Crippen LogP contribution is 2.41. The summed E-state index contributed by atoms with van der Waals surface area (Å²) in [5, 5.41) is 8.53. The number of piperazine rings is 1. The highest BCUT2D eigenvalue weighted by atomic mass is 35.5. The summed E-state index contributed by atoms with van der Waals surface area (Å²) < 4.78 is 50.5. The Labute approximate surface area is 368 Å². The van der Waals surface area contributed by atoms with Crippen LogP contribution in [0.25, 0.3) is 22.4 Å². The van der Waals surface area contributed by atoms with Gasteiger partial charge in [0.2, 0.25) is 11.8 Å². The molecule has 4 N–H and O–H groups in total. The average Bonchev–Trinajstić information content (AvgIpc) is 4.05. The Morgan fingerprint density at radius 1 is 1.02 bits per heavy atom. The Morgan fingerprint density at radius 2 is 1.76 bits per heavy atom. The number of alkyl carbamates (subject to hydrolysis) is 1. The maximum Gasteiger partial charge on any atom is 0.573 e. The number of benzene rings is 2. The number of likely N-dealkylation sites (tertiary alicyclic amines) is 1. The second kappa shape index (κ2) is 18.5. The zero-order valence-electron chi connectivity index (χ0n) is 35.6. The molecule has 2 aromatic carbocycles. The lowest BCUT2D eigenvalue weighted by atomic mass is 9.97. The minimum atomic E-state index is -5.06. The first-order valence-corrected chi connectivity index (χ1v) is 21.3. The third kappa shape index (κ3) is 10.0. The van der Waals surface area contributed by atoms with Gasteiger partial charge in [-0.05, 0) is 75.8 Å². The molecular weight excluding hydrogens is 843 g/mol. The van der Waals surface area contributed by atoms with Crippen molar-refractivity contribution in [3.8, 4) is 28.1 Å². The zero-order chi connectivity index (χ0) is 45.2. The minimum Gasteiger partial charge on any atom is -0.453 e. The second-order valence-electron chi connectivity index (χ2n) is 16.7. The van der Waals surface area contributed by atoms with Crippen LogP contribution in [0.5, 0.6) is 5.75 Å². The lowest BCUT2D eigenvalue weighted by Gasteiger charge is -2.43. The summed E-state index contributed by atoms with van der Waals surface area (Å²) in [6.45, 7) is 10.5. The number of methoxy groups -OCH3 is 1. The van der Waals surface area contributed by atoms with Gasteiger partial charge in [-0.1, -0.05) is 49.7 Å². The smallest absolute Gasteiger partial charge is 0.453 e. The number of H-pyrrole nitrogens is 1. The van der Waals surface area contributed by atoms with Crippen LogP contribution in [0.3, 0.4) is 0 Å². The minimum absolute atomic E-state index is 0.0283. The molecule has 0 saturated carbocycles. The molecule has 5 heterocycles. The molecule has 336 valence electrons. The summed E-state index contributed by atoms with van der Waals surface area (Å²) in [4.78, 5) is 70.2. The van der Waals surface area contributed by atoms with Crippen molar-refractivity contribution in [3.05, 3.63) is 77.3 Å². The molecular formula is C44H51ClF3N9O6. The Bertz CT molecular complexity index is 2320. The van der Waals surface area contributed by atoms with Gasteiger partial charge in [0.05, 0.1) is 40.7 Å². The molecule has 4 aromatic rings. The van der Waals surface area contributed by atoms with Crippen LogP contribution in [-0.2, 0) is 14.3 Å². The van der Waals surface area contributed by atoms with E-state index in [9.17, 15) is 32.3 Å². The maximum absolute atomic E-state index is 13.8. The number of nitrogens with one attached hydrogen (secondary N) is 4. The predicted molar refractivity (Wildman–Crippen MR) is 230 cm³/mol. The lowest BCUT2D eigenvalue weighted by Crippen LogP contribution is -2.60. The van der Waals surface area contributed by atoms with Crippen molar-refractivity contribution in [1.29, 1.82) is 0 Å². The van der Waals surface area contributed by atoms with E-state index in [4.69, 9.17) is 21.3 Å². The summed E-state index contributed by atoms with van der Waals surface area (Å²) >= 11 is 6.60. The van der Waals surface area contributed by atoms with Gasteiger partial charge in [-0.3, -0.25) is 14.4 Å². The number of anilines is 2. The van der Waals surface area contributed by atoms with Gasteiger partial charge >= 0.3 is 12.5 Å². The van der Waals surface area contributed by atoms with Crippen LogP contribution in [0.15, 0.2) is 60.9 Å². The first kappa shape index (κ1) is 45.2. The highest BCUT2D eigenvalue weighted by Gasteiger charge is 2.41. The fourth-order valence-corrected chi connectivity index (χ4v) is 8.76. The third-order valence-corrected chi connectivity index (χ3v) is 12.2. The first-order chi connectivity index (χ1) is 29.9. The topological polar surface area (TPSA) is 174 Å². The van der Waals surface area contributed by atoms with Gasteiger partial charge in [0.25, 0.3) is 5.91 Å². The number of nitrogens with zero attached hydrogens (tertiary/aromatic N) is 5. The molecule has 3 fully saturated rings. The van der Waals surface area contributed by atoms with E-state index in [0.29, 0.717) is 61.1 Å². The molecule has 0 spiro atoms. The quantitative estimate of drug-likeness (QED) is 0.121. The molecule has 0 aliphatic carbocycles. The van der Waals surface area contributed by atoms with Gasteiger partial charge in [0.15, 0.2) is 0 Å². The van der Waals surface area contributed by atoms with Crippen LogP contribution >= 0.6 is 11.6 Å². The number of hydrogen-bond acceptors (Lipinski definition) is 10. The van der Waals surface area contributed by atoms with Crippen LogP contribution in [0.4, 0.5) is 29.5 Å². The van der Waals surface area contributed by atoms with Crippen molar-refractivity contribution in [3.63, 3.8) is 0 Å². The van der Waals surface area contributed by atoms with E-state index in [-0.39, 0.29) is 51.7 Å². The van der Waals surface area contributed by atoms with Gasteiger partial charge in [0, 0.05) is 61.8 Å². The molecule has 0 bridgehead atoms. The number of ether oxygens (including phenoxy) is 2. The number of carbonyl (C=O) groups is 4. The van der Waals surface area contributed by atoms with Crippen molar-refractivity contribution in [2.24, 2.45) is 5.92 Å². The molecule has 3 aliphatic heterocycles. The van der Waals surface area contributed by atoms with Crippen molar-refractivity contribution < 1.29 is 41.8 Å². The molecule has 63 heavy (non-hydrogen) atoms. The van der Waals surface area contributed by atoms with Crippen LogP contribution in [0.2, 0.25) is 5.02 Å². The normalized spacial score (nSPS) is 20.8. The Balaban J connectivity index is 1.03. The molecule has 3 aliphatic rings. The first-order valence-electron chi connectivity index (χ1n) is 20.9. The van der Waals surface area contributed by atoms with Crippen molar-refractivity contribution in [2.45, 2.75) is 83.4 Å². The van der Waals surface area contributed by atoms with E-state index < -0.39 is 35.7 Å². The van der Waals surface area contributed by atoms with E-state index in [0.717, 1.165) is 31.9 Å². The molecule has 7 rings (SSSR count). The summed E-state index contributed by atoms with van der Waals surface area (Å²) in [7, 11) is 1.24. The molecule has 4 amide bonds. The van der Waals surface area contributed by atoms with Gasteiger partial charge in [0.1, 0.15) is 23.4 Å². The summed E-state index contributed by atoms with van der Waals surface area (Å²) in [6.07, 6.45) is 0.471. The number of alkyl halides is 3. The van der Waals surface area contributed by atoms with Crippen molar-refractivity contribution >= 4 is 46.9 Å². The third-order valence-electron chi connectivity index (χ3n) is 11.9. The number of rotatable bonds is 11. The summed E-state index contributed by atoms with van der Waals surface area (Å²) in [5.74, 6) is -0.390. The SMILES string of the molecule is COC(=O)N[C@H](C(=O)N1CCC[C@H]1c1nc(-c2ccc(-c3cc(Cl)c(NC(=O)c4ccc(N5CCN(C(=O)[C@@]6(C)CCCN6)C[C@H]5C)nc4)cc3OC(F)(F)F)cc2)c[nH]1)C(C)C. The maximum atomic E-state index is 13.8. The number of carbonyl (C=O) groups excluding carboxylic acids is 4. The van der Waals surface area contributed by atoms with E-state index in [1.54, 1.807) is 47.5 Å². The van der Waals surface area contributed by atoms with Crippen LogP contribution in [0, 0.1) is 5.92 Å². The molecule has 0 radical (unpaired) electrons. The molecule has 2 aromatic heterocycles. The van der Waals surface area contributed by atoms with Gasteiger partial charge in [-0.2, -0.15) is 0 Å². The van der Waals surface area contributed by atoms with Gasteiger partial charge < -0.3 is 45.1 Å². The number of aromatic amines is 1. The number of amides is 4. The highest BCUT2D eigenvalue weighted by molar-refractivity contribution is 6.34. The van der Waals surface area contributed by atoms with E-state index in [2.05, 4.69) is 35.6 Å². The lowest BCUT2D eigenvalue weighted by molar-refractivity contribution is -0.274. The van der Waals surface area contributed by atoms with Crippen LogP contribution in [-0.4, -0.2) is 112 Å². The molecule has 15 nitrogen and oxygen atoms in total. The molecule has 4 atom stereocenters. The Morgan fingerprint density at radius 3 is 2.40 bits per heavy atom. The Hall–Kier alpha value is -5.88. The molecule has 19 heteroatoms. The predicted octanol–water partition coefficient (Wildman–Crippen LogP) is 7.17. The van der Waals surface area contributed by atoms with Crippen LogP contribution in [0.1, 0.15) is 75.6 Å². The van der Waals surface area contributed by atoms with Crippen LogP contribution < -0.4 is 25.6 Å². The number of imidazole rings is 1. The van der Waals surface area contributed by atoms with Crippen molar-refractivity contribution in [1.82, 2.24) is 35.4 Å². The number of aromatic nitrogens is 3. The van der Waals surface area contributed by atoms with E-state index in [1.165, 1.54) is 19.4 Å². The summed E-state index contributed by atoms with van der Waals surface area (Å²) in [5.41, 5.74) is 1.07. The zero-order valence-corrected chi connectivity index (χ0v) is 36.4. The standard InChI is InChI=1S/C44H51ClF3N9O6/c1-25(2)37(54-42(61)62-5)40(59)57-17-6-8-34(57)38-50-23-33(52-38)28-11-9-27(10-12-28)30-20-31(45)32(21-35(30)63-44(46,47)48)53-39(58)29-13-14-36(49-22-29)56-19-18-55(24-26(56)3)41(60)43(4)15-7-16-51-43/h9-14,20-23,25-26,34,37,51H,6-8,15-19,24H2,1-5H3,(H,50,52)(H,53,58)(H,54,61)/t26-,34+,37+,43-/m1/s1. The van der Waals surface area contributed by atoms with Crippen molar-refractivity contribution in [2.75, 3.05) is 50.1 Å². The Kier molecular flexibility index (Phi) is 13.2. The van der Waals surface area contributed by atoms with Gasteiger partial charge in [-0.25, -0.2) is 14.8 Å². The fourth-order valence-electron chi connectivity index (χ4n) is 8.55. The van der Waals surface area contributed by atoms with E-state index >= 15 is 0 Å².